The van der Waals surface area contributed by atoms with Crippen molar-refractivity contribution in [3.63, 3.8) is 0 Å². The molecule has 0 aromatic heterocycles. The second-order valence-corrected chi connectivity index (χ2v) is 7.19. The van der Waals surface area contributed by atoms with Gasteiger partial charge in [0.25, 0.3) is 11.8 Å². The van der Waals surface area contributed by atoms with Crippen LogP contribution < -0.4 is 20.1 Å². The fourth-order valence-electron chi connectivity index (χ4n) is 2.81. The number of nitrogens with one attached hydrogen (secondary N) is 2. The second kappa shape index (κ2) is 10.6. The molecule has 0 aliphatic rings. The van der Waals surface area contributed by atoms with Crippen molar-refractivity contribution in [1.82, 2.24) is 0 Å². The molecule has 3 aromatic rings. The average molecular weight is 457 g/mol. The van der Waals surface area contributed by atoms with Crippen LogP contribution in [0.25, 0.3) is 0 Å². The van der Waals surface area contributed by atoms with Crippen molar-refractivity contribution in [3.05, 3.63) is 83.1 Å². The number of anilines is 2. The van der Waals surface area contributed by atoms with Crippen LogP contribution in [0.3, 0.4) is 0 Å². The number of halogens is 2. The third-order valence-corrected chi connectivity index (χ3v) is 4.73. The summed E-state index contributed by atoms with van der Waals surface area (Å²) in [5.41, 5.74) is 1.26. The van der Waals surface area contributed by atoms with Crippen LogP contribution in [0.4, 0.5) is 15.8 Å². The van der Waals surface area contributed by atoms with E-state index in [4.69, 9.17) is 21.1 Å². The number of benzene rings is 3. The molecule has 3 rings (SSSR count). The number of amides is 2. The molecular weight excluding hydrogens is 435 g/mol. The lowest BCUT2D eigenvalue weighted by atomic mass is 10.2. The zero-order valence-electron chi connectivity index (χ0n) is 17.5. The van der Waals surface area contributed by atoms with Crippen molar-refractivity contribution in [3.8, 4) is 11.5 Å². The monoisotopic (exact) mass is 456 g/mol. The predicted molar refractivity (Wildman–Crippen MR) is 122 cm³/mol. The molecule has 0 saturated carbocycles. The third kappa shape index (κ3) is 5.98. The Morgan fingerprint density at radius 3 is 2.44 bits per heavy atom. The second-order valence-electron chi connectivity index (χ2n) is 6.79. The quantitative estimate of drug-likeness (QED) is 0.467. The fraction of sp³-hybridized carbons (Fsp3) is 0.167. The minimum atomic E-state index is -0.855. The molecule has 32 heavy (non-hydrogen) atoms. The maximum Gasteiger partial charge on any atom is 0.265 e. The Bertz CT molecular complexity index is 1110. The molecule has 0 radical (unpaired) electrons. The van der Waals surface area contributed by atoms with Gasteiger partial charge in [-0.25, -0.2) is 4.39 Å². The van der Waals surface area contributed by atoms with Crippen molar-refractivity contribution < 1.29 is 23.5 Å². The van der Waals surface area contributed by atoms with E-state index >= 15 is 0 Å². The van der Waals surface area contributed by atoms with Gasteiger partial charge in [0.1, 0.15) is 17.3 Å². The molecule has 0 spiro atoms. The van der Waals surface area contributed by atoms with E-state index in [2.05, 4.69) is 10.6 Å². The lowest BCUT2D eigenvalue weighted by Crippen LogP contribution is -2.30. The minimum absolute atomic E-state index is 0.0298. The van der Waals surface area contributed by atoms with Gasteiger partial charge in [0.2, 0.25) is 0 Å². The van der Waals surface area contributed by atoms with Gasteiger partial charge in [-0.05, 0) is 68.4 Å². The minimum Gasteiger partial charge on any atom is -0.492 e. The van der Waals surface area contributed by atoms with E-state index in [1.807, 2.05) is 13.0 Å². The highest BCUT2D eigenvalue weighted by Gasteiger charge is 2.16. The average Bonchev–Trinajstić information content (AvgIpc) is 2.78. The van der Waals surface area contributed by atoms with Crippen molar-refractivity contribution >= 4 is 34.8 Å². The number of carbonyl (C=O) groups excluding carboxylic acids is 2. The van der Waals surface area contributed by atoms with Crippen molar-refractivity contribution in [1.29, 1.82) is 0 Å². The first-order chi connectivity index (χ1) is 15.4. The summed E-state index contributed by atoms with van der Waals surface area (Å²) in [5, 5.41) is 5.35. The fourth-order valence-corrected chi connectivity index (χ4v) is 2.92. The molecule has 0 aliphatic carbocycles. The molecule has 1 atom stereocenters. The molecule has 0 aliphatic heterocycles. The van der Waals surface area contributed by atoms with E-state index < -0.39 is 17.8 Å². The summed E-state index contributed by atoms with van der Waals surface area (Å²) in [5.74, 6) is -0.402. The summed E-state index contributed by atoms with van der Waals surface area (Å²) in [7, 11) is 0. The van der Waals surface area contributed by atoms with Crippen LogP contribution in [-0.2, 0) is 4.79 Å². The maximum atomic E-state index is 13.5. The van der Waals surface area contributed by atoms with E-state index in [-0.39, 0.29) is 16.6 Å². The van der Waals surface area contributed by atoms with Crippen LogP contribution >= 0.6 is 11.6 Å². The summed E-state index contributed by atoms with van der Waals surface area (Å²) in [6, 6.07) is 17.5. The molecule has 2 N–H and O–H groups in total. The number of hydrogen-bond acceptors (Lipinski definition) is 4. The van der Waals surface area contributed by atoms with Crippen LogP contribution in [0, 0.1) is 5.82 Å². The summed E-state index contributed by atoms with van der Waals surface area (Å²) < 4.78 is 24.7. The summed E-state index contributed by atoms with van der Waals surface area (Å²) in [6.07, 6.45) is -0.855. The molecular formula is C24H22ClFN2O4. The van der Waals surface area contributed by atoms with Crippen molar-refractivity contribution in [2.24, 2.45) is 0 Å². The maximum absolute atomic E-state index is 13.5. The van der Waals surface area contributed by atoms with Gasteiger partial charge in [0.15, 0.2) is 6.10 Å². The molecule has 3 aromatic carbocycles. The van der Waals surface area contributed by atoms with Gasteiger partial charge in [-0.2, -0.15) is 0 Å². The SMILES string of the molecule is CCOc1ccccc1NC(=O)c1ccc(OC(C)C(=O)Nc2ccc(Cl)c(F)c2)cc1. The molecule has 0 fully saturated rings. The largest absolute Gasteiger partial charge is 0.492 e. The van der Waals surface area contributed by atoms with Crippen LogP contribution in [0.5, 0.6) is 11.5 Å². The Labute approximate surface area is 190 Å². The number of hydrogen-bond donors (Lipinski definition) is 2. The van der Waals surface area contributed by atoms with Crippen LogP contribution in [0.1, 0.15) is 24.2 Å². The number of ether oxygens (including phenoxy) is 2. The van der Waals surface area contributed by atoms with Gasteiger partial charge < -0.3 is 20.1 Å². The molecule has 0 saturated heterocycles. The molecule has 6 nitrogen and oxygen atoms in total. The first-order valence-corrected chi connectivity index (χ1v) is 10.3. The molecule has 1 unspecified atom stereocenters. The van der Waals surface area contributed by atoms with Crippen molar-refractivity contribution in [2.75, 3.05) is 17.2 Å². The number of carbonyl (C=O) groups is 2. The molecule has 0 heterocycles. The lowest BCUT2D eigenvalue weighted by Gasteiger charge is -2.15. The Kier molecular flexibility index (Phi) is 7.68. The summed E-state index contributed by atoms with van der Waals surface area (Å²) in [4.78, 5) is 24.9. The van der Waals surface area contributed by atoms with E-state index in [0.717, 1.165) is 6.07 Å². The standard InChI is InChI=1S/C24H22ClFN2O4/c1-3-31-22-7-5-4-6-21(22)28-24(30)16-8-11-18(12-9-16)32-15(2)23(29)27-17-10-13-19(25)20(26)14-17/h4-15H,3H2,1-2H3,(H,27,29)(H,28,30). The topological polar surface area (TPSA) is 76.7 Å². The van der Waals surface area contributed by atoms with E-state index in [9.17, 15) is 14.0 Å². The third-order valence-electron chi connectivity index (χ3n) is 4.42. The normalized spacial score (nSPS) is 11.4. The van der Waals surface area contributed by atoms with E-state index in [1.165, 1.54) is 12.1 Å². The van der Waals surface area contributed by atoms with Crippen LogP contribution in [0.15, 0.2) is 66.7 Å². The Morgan fingerprint density at radius 2 is 1.75 bits per heavy atom. The molecule has 0 bridgehead atoms. The molecule has 8 heteroatoms. The first-order valence-electron chi connectivity index (χ1n) is 9.93. The highest BCUT2D eigenvalue weighted by molar-refractivity contribution is 6.30. The number of para-hydroxylation sites is 2. The lowest BCUT2D eigenvalue weighted by molar-refractivity contribution is -0.122. The Hall–Kier alpha value is -3.58. The number of rotatable bonds is 8. The van der Waals surface area contributed by atoms with Gasteiger partial charge >= 0.3 is 0 Å². The summed E-state index contributed by atoms with van der Waals surface area (Å²) in [6.45, 7) is 3.91. The smallest absolute Gasteiger partial charge is 0.265 e. The van der Waals surface area contributed by atoms with Gasteiger partial charge in [0.05, 0.1) is 17.3 Å². The zero-order valence-corrected chi connectivity index (χ0v) is 18.3. The Morgan fingerprint density at radius 1 is 1.03 bits per heavy atom. The van der Waals surface area contributed by atoms with Gasteiger partial charge in [0, 0.05) is 11.3 Å². The van der Waals surface area contributed by atoms with Gasteiger partial charge in [-0.15, -0.1) is 0 Å². The predicted octanol–water partition coefficient (Wildman–Crippen LogP) is 5.54. The van der Waals surface area contributed by atoms with Gasteiger partial charge in [-0.3, -0.25) is 9.59 Å². The van der Waals surface area contributed by atoms with Gasteiger partial charge in [-0.1, -0.05) is 23.7 Å². The Balaban J connectivity index is 1.59. The van der Waals surface area contributed by atoms with Crippen LogP contribution in [0.2, 0.25) is 5.02 Å². The van der Waals surface area contributed by atoms with Crippen LogP contribution in [-0.4, -0.2) is 24.5 Å². The zero-order chi connectivity index (χ0) is 23.1. The van der Waals surface area contributed by atoms with Crippen molar-refractivity contribution in [2.45, 2.75) is 20.0 Å². The highest BCUT2D eigenvalue weighted by Crippen LogP contribution is 2.25. The van der Waals surface area contributed by atoms with E-state index in [1.54, 1.807) is 49.4 Å². The summed E-state index contributed by atoms with van der Waals surface area (Å²) >= 11 is 5.64. The first kappa shape index (κ1) is 23.1. The molecule has 166 valence electrons. The van der Waals surface area contributed by atoms with E-state index in [0.29, 0.717) is 29.4 Å². The highest BCUT2D eigenvalue weighted by atomic mass is 35.5. The molecule has 2 amide bonds.